The van der Waals surface area contributed by atoms with Crippen LogP contribution in [0.1, 0.15) is 62.0 Å². The van der Waals surface area contributed by atoms with Crippen LogP contribution in [0.25, 0.3) is 0 Å². The molecule has 3 aliphatic rings. The van der Waals surface area contributed by atoms with Crippen LogP contribution in [0.4, 0.5) is 18.9 Å². The molecule has 2 aliphatic heterocycles. The highest BCUT2D eigenvalue weighted by molar-refractivity contribution is 7.89. The maximum absolute atomic E-state index is 15.2. The number of nitrogens with one attached hydrogen (secondary N) is 2. The zero-order valence-electron chi connectivity index (χ0n) is 23.4. The predicted molar refractivity (Wildman–Crippen MR) is 154 cm³/mol. The first kappa shape index (κ1) is 30.9. The molecular weight excluding hydrogens is 569 g/mol. The van der Waals surface area contributed by atoms with Crippen molar-refractivity contribution in [1.29, 1.82) is 0 Å². The molecular formula is C30H39F3N4O4S. The summed E-state index contributed by atoms with van der Waals surface area (Å²) in [5.41, 5.74) is 7.25. The summed E-state index contributed by atoms with van der Waals surface area (Å²) in [7, 11) is -3.46. The van der Waals surface area contributed by atoms with Gasteiger partial charge >= 0.3 is 0 Å². The van der Waals surface area contributed by atoms with Crippen LogP contribution >= 0.6 is 0 Å². The number of carbonyl (C=O) groups excluding carboxylic acids is 1. The van der Waals surface area contributed by atoms with E-state index < -0.39 is 57.5 Å². The molecule has 0 spiro atoms. The third kappa shape index (κ3) is 6.83. The zero-order chi connectivity index (χ0) is 30.0. The van der Waals surface area contributed by atoms with Gasteiger partial charge in [-0.25, -0.2) is 21.6 Å². The molecule has 1 unspecified atom stereocenters. The van der Waals surface area contributed by atoms with Gasteiger partial charge in [0, 0.05) is 42.3 Å². The predicted octanol–water partition coefficient (Wildman–Crippen LogP) is 3.40. The lowest BCUT2D eigenvalue weighted by Crippen LogP contribution is -2.57. The molecule has 2 aromatic carbocycles. The van der Waals surface area contributed by atoms with Gasteiger partial charge in [-0.3, -0.25) is 4.79 Å². The van der Waals surface area contributed by atoms with E-state index in [1.54, 1.807) is 12.1 Å². The Morgan fingerprint density at radius 2 is 1.79 bits per heavy atom. The molecule has 1 saturated carbocycles. The van der Waals surface area contributed by atoms with Crippen LogP contribution in [0.2, 0.25) is 0 Å². The molecule has 2 heterocycles. The normalized spacial score (nSPS) is 28.8. The SMILES string of the molecule is N[C@H](C(=O)Nc1ccc(F)c(F)c1CC[C@H]1CN[C@@H]2CCCS(=O)(=O)N1C2)[C@@H](c1ccc(F)cc1)C1CCC(O)CC1. The highest BCUT2D eigenvalue weighted by Crippen LogP contribution is 2.38. The summed E-state index contributed by atoms with van der Waals surface area (Å²) in [6.07, 6.45) is 3.54. The van der Waals surface area contributed by atoms with Crippen molar-refractivity contribution in [2.45, 2.75) is 81.5 Å². The van der Waals surface area contributed by atoms with Crippen LogP contribution in [0.15, 0.2) is 36.4 Å². The third-order valence-corrected chi connectivity index (χ3v) is 11.1. The Balaban J connectivity index is 1.35. The number of anilines is 1. The molecule has 1 amide bonds. The molecule has 5 atom stereocenters. The lowest BCUT2D eigenvalue weighted by Gasteiger charge is -2.37. The Morgan fingerprint density at radius 1 is 1.07 bits per heavy atom. The van der Waals surface area contributed by atoms with E-state index in [4.69, 9.17) is 5.73 Å². The minimum absolute atomic E-state index is 0.000613. The molecule has 8 nitrogen and oxygen atoms in total. The van der Waals surface area contributed by atoms with Crippen LogP contribution in [0, 0.1) is 23.4 Å². The van der Waals surface area contributed by atoms with Crippen molar-refractivity contribution in [3.05, 3.63) is 65.0 Å². The quantitative estimate of drug-likeness (QED) is 0.364. The third-order valence-electron chi connectivity index (χ3n) is 9.14. The molecule has 2 saturated heterocycles. The first-order chi connectivity index (χ1) is 20.0. The summed E-state index contributed by atoms with van der Waals surface area (Å²) >= 11 is 0. The number of benzene rings is 2. The van der Waals surface area contributed by atoms with E-state index >= 15 is 4.39 Å². The van der Waals surface area contributed by atoms with Crippen LogP contribution < -0.4 is 16.4 Å². The van der Waals surface area contributed by atoms with Crippen molar-refractivity contribution in [2.24, 2.45) is 11.7 Å². The number of aliphatic hydroxyl groups is 1. The van der Waals surface area contributed by atoms with Gasteiger partial charge in [-0.1, -0.05) is 12.1 Å². The maximum Gasteiger partial charge on any atom is 0.241 e. The fourth-order valence-corrected chi connectivity index (χ4v) is 8.61. The van der Waals surface area contributed by atoms with Crippen LogP contribution in [0.5, 0.6) is 0 Å². The second kappa shape index (κ2) is 13.0. The lowest BCUT2D eigenvalue weighted by molar-refractivity contribution is -0.118. The van der Waals surface area contributed by atoms with E-state index in [1.165, 1.54) is 22.5 Å². The second-order valence-electron chi connectivity index (χ2n) is 11.9. The number of halogens is 3. The molecule has 12 heteroatoms. The fraction of sp³-hybridized carbons (Fsp3) is 0.567. The Kier molecular flexibility index (Phi) is 9.58. The number of nitrogens with two attached hydrogens (primary N) is 1. The van der Waals surface area contributed by atoms with Gasteiger partial charge in [0.2, 0.25) is 15.9 Å². The van der Waals surface area contributed by atoms with E-state index in [2.05, 4.69) is 10.6 Å². The second-order valence-corrected chi connectivity index (χ2v) is 13.9. The van der Waals surface area contributed by atoms with Gasteiger partial charge in [-0.2, -0.15) is 4.31 Å². The fourth-order valence-electron chi connectivity index (χ4n) is 6.81. The van der Waals surface area contributed by atoms with Crippen LogP contribution in [-0.2, 0) is 21.2 Å². The van der Waals surface area contributed by atoms with Gasteiger partial charge in [0.05, 0.1) is 17.9 Å². The van der Waals surface area contributed by atoms with Gasteiger partial charge in [0.15, 0.2) is 11.6 Å². The van der Waals surface area contributed by atoms with Crippen molar-refractivity contribution < 1.29 is 31.5 Å². The Labute approximate surface area is 244 Å². The molecule has 1 aliphatic carbocycles. The van der Waals surface area contributed by atoms with Crippen molar-refractivity contribution in [2.75, 3.05) is 24.2 Å². The number of rotatable bonds is 8. The number of amides is 1. The zero-order valence-corrected chi connectivity index (χ0v) is 24.3. The van der Waals surface area contributed by atoms with Gasteiger partial charge in [0.1, 0.15) is 5.82 Å². The van der Waals surface area contributed by atoms with Gasteiger partial charge < -0.3 is 21.5 Å². The summed E-state index contributed by atoms with van der Waals surface area (Å²) < 4.78 is 70.4. The van der Waals surface area contributed by atoms with Crippen molar-refractivity contribution in [3.8, 4) is 0 Å². The Morgan fingerprint density at radius 3 is 2.50 bits per heavy atom. The molecule has 0 aromatic heterocycles. The lowest BCUT2D eigenvalue weighted by atomic mass is 9.72. The monoisotopic (exact) mass is 608 g/mol. The van der Waals surface area contributed by atoms with E-state index in [-0.39, 0.29) is 41.8 Å². The van der Waals surface area contributed by atoms with Crippen molar-refractivity contribution in [1.82, 2.24) is 9.62 Å². The van der Waals surface area contributed by atoms with Crippen molar-refractivity contribution >= 4 is 21.6 Å². The summed E-state index contributed by atoms with van der Waals surface area (Å²) in [6.45, 7) is 0.753. The largest absolute Gasteiger partial charge is 0.393 e. The number of piperazine rings is 1. The van der Waals surface area contributed by atoms with Crippen LogP contribution in [0.3, 0.4) is 0 Å². The molecule has 230 valence electrons. The summed E-state index contributed by atoms with van der Waals surface area (Å²) in [6, 6.07) is 6.60. The van der Waals surface area contributed by atoms with Gasteiger partial charge in [-0.05, 0) is 87.1 Å². The minimum atomic E-state index is -3.46. The van der Waals surface area contributed by atoms with E-state index in [0.29, 0.717) is 50.8 Å². The van der Waals surface area contributed by atoms with Gasteiger partial charge in [-0.15, -0.1) is 0 Å². The van der Waals surface area contributed by atoms with E-state index in [0.717, 1.165) is 12.5 Å². The number of carbonyl (C=O) groups is 1. The highest BCUT2D eigenvalue weighted by atomic mass is 32.2. The first-order valence-electron chi connectivity index (χ1n) is 14.7. The molecule has 5 rings (SSSR count). The Hall–Kier alpha value is -2.51. The number of nitrogens with zero attached hydrogens (tertiary/aromatic N) is 1. The number of aliphatic hydroxyl groups excluding tert-OH is 1. The minimum Gasteiger partial charge on any atom is -0.393 e. The number of sulfonamides is 1. The van der Waals surface area contributed by atoms with E-state index in [1.807, 2.05) is 0 Å². The summed E-state index contributed by atoms with van der Waals surface area (Å²) in [4.78, 5) is 13.5. The first-order valence-corrected chi connectivity index (χ1v) is 16.3. The number of hydrogen-bond acceptors (Lipinski definition) is 6. The average Bonchev–Trinajstić information content (AvgIpc) is 3.08. The molecule has 42 heavy (non-hydrogen) atoms. The molecule has 2 bridgehead atoms. The maximum atomic E-state index is 15.2. The van der Waals surface area contributed by atoms with Gasteiger partial charge in [0.25, 0.3) is 0 Å². The van der Waals surface area contributed by atoms with E-state index in [9.17, 15) is 27.1 Å². The summed E-state index contributed by atoms with van der Waals surface area (Å²) in [5.74, 6) is -3.65. The molecule has 5 N–H and O–H groups in total. The standard InChI is InChI=1S/C30H39F3N4O4S/c31-20-7-3-18(4-8-20)27(19-5-10-23(38)11-6-19)29(34)30(39)36-26-14-13-25(32)28(33)24(26)12-9-22-16-35-21-2-1-15-42(40,41)37(22)17-21/h3-4,7-8,13-14,19,21-23,27,29,35,38H,1-2,5-6,9-12,15-17,34H2,(H,36,39)/t19?,21-,22+,23?,27+,29+/m1/s1. The smallest absolute Gasteiger partial charge is 0.241 e. The van der Waals surface area contributed by atoms with Crippen molar-refractivity contribution in [3.63, 3.8) is 0 Å². The topological polar surface area (TPSA) is 125 Å². The number of fused-ring (bicyclic) bond motifs is 2. The number of hydrogen-bond donors (Lipinski definition) is 4. The van der Waals surface area contributed by atoms with Crippen LogP contribution in [-0.4, -0.2) is 66.8 Å². The molecule has 2 aromatic rings. The Bertz CT molecular complexity index is 1370. The highest BCUT2D eigenvalue weighted by Gasteiger charge is 2.39. The molecule has 0 radical (unpaired) electrons. The average molecular weight is 609 g/mol. The summed E-state index contributed by atoms with van der Waals surface area (Å²) in [5, 5.41) is 16.1. The molecule has 3 fully saturated rings.